The number of anilines is 2. The van der Waals surface area contributed by atoms with E-state index in [1.807, 2.05) is 19.9 Å². The van der Waals surface area contributed by atoms with Crippen LogP contribution in [0.1, 0.15) is 25.3 Å². The number of benzene rings is 1. The van der Waals surface area contributed by atoms with Gasteiger partial charge < -0.3 is 10.6 Å². The number of aromatic nitrogens is 1. The lowest BCUT2D eigenvalue weighted by atomic mass is 10.2. The summed E-state index contributed by atoms with van der Waals surface area (Å²) in [6.45, 7) is 3.74. The Hall–Kier alpha value is -2.39. The number of hydrogen-bond acceptors (Lipinski definition) is 6. The molecule has 2 N–H and O–H groups in total. The molecule has 2 aromatic rings. The zero-order chi connectivity index (χ0) is 20.3. The van der Waals surface area contributed by atoms with Crippen LogP contribution in [-0.4, -0.2) is 36.2 Å². The Bertz CT molecular complexity index is 1020. The molecule has 1 atom stereocenters. The van der Waals surface area contributed by atoms with E-state index in [0.29, 0.717) is 17.9 Å². The number of carbonyl (C=O) groups is 2. The topological polar surface area (TPSA) is 105 Å². The first-order valence-electron chi connectivity index (χ1n) is 8.86. The lowest BCUT2D eigenvalue weighted by Crippen LogP contribution is -2.28. The number of amides is 2. The molecule has 148 valence electrons. The van der Waals surface area contributed by atoms with E-state index in [1.54, 1.807) is 18.3 Å². The summed E-state index contributed by atoms with van der Waals surface area (Å²) in [5.74, 6) is -0.455. The van der Waals surface area contributed by atoms with E-state index in [4.69, 9.17) is 0 Å². The molecule has 0 unspecified atom stereocenters. The second kappa shape index (κ2) is 8.32. The van der Waals surface area contributed by atoms with E-state index in [2.05, 4.69) is 15.6 Å². The molecule has 9 heteroatoms. The van der Waals surface area contributed by atoms with Gasteiger partial charge in [0.15, 0.2) is 9.84 Å². The molecule has 0 bridgehead atoms. The molecule has 0 fully saturated rings. The van der Waals surface area contributed by atoms with Gasteiger partial charge in [0.05, 0.1) is 21.6 Å². The third-order valence-corrected chi connectivity index (χ3v) is 7.52. The van der Waals surface area contributed by atoms with Gasteiger partial charge in [0, 0.05) is 17.5 Å². The summed E-state index contributed by atoms with van der Waals surface area (Å²) < 4.78 is 25.3. The van der Waals surface area contributed by atoms with Crippen LogP contribution in [0.2, 0.25) is 0 Å². The van der Waals surface area contributed by atoms with Crippen molar-refractivity contribution in [3.05, 3.63) is 42.1 Å². The molecule has 28 heavy (non-hydrogen) atoms. The smallest absolute Gasteiger partial charge is 0.237 e. The molecule has 0 aliphatic carbocycles. The summed E-state index contributed by atoms with van der Waals surface area (Å²) in [5.41, 5.74) is 1.29. The Morgan fingerprint density at radius 1 is 1.32 bits per heavy atom. The lowest BCUT2D eigenvalue weighted by molar-refractivity contribution is -0.116. The van der Waals surface area contributed by atoms with Crippen molar-refractivity contribution >= 4 is 44.9 Å². The fourth-order valence-electron chi connectivity index (χ4n) is 2.75. The largest absolute Gasteiger partial charge is 0.324 e. The first kappa shape index (κ1) is 20.3. The van der Waals surface area contributed by atoms with Gasteiger partial charge >= 0.3 is 0 Å². The zero-order valence-electron chi connectivity index (χ0n) is 15.6. The number of hydrogen-bond donors (Lipinski definition) is 2. The van der Waals surface area contributed by atoms with Crippen molar-refractivity contribution in [2.75, 3.05) is 16.4 Å². The summed E-state index contributed by atoms with van der Waals surface area (Å²) in [7, 11) is -3.67. The summed E-state index contributed by atoms with van der Waals surface area (Å²) >= 11 is 1.43. The number of pyridine rings is 1. The third kappa shape index (κ3) is 4.53. The van der Waals surface area contributed by atoms with E-state index in [0.717, 1.165) is 10.5 Å². The van der Waals surface area contributed by atoms with Crippen LogP contribution in [0.25, 0.3) is 0 Å². The maximum Gasteiger partial charge on any atom is 0.237 e. The van der Waals surface area contributed by atoms with E-state index in [-0.39, 0.29) is 28.2 Å². The Kier molecular flexibility index (Phi) is 6.04. The average molecular weight is 420 g/mol. The van der Waals surface area contributed by atoms with Crippen LogP contribution < -0.4 is 10.6 Å². The maximum absolute atomic E-state index is 12.6. The van der Waals surface area contributed by atoms with Gasteiger partial charge in [0.2, 0.25) is 11.8 Å². The van der Waals surface area contributed by atoms with Gasteiger partial charge in [-0.15, -0.1) is 11.8 Å². The standard InChI is InChI=1S/C19H21N3O4S2/c1-3-15-19(24)21-14-11-13(6-7-16(14)27-15)28(25,26)10-8-17(23)22-18-12(2)5-4-9-20-18/h4-7,9,11,15H,3,8,10H2,1-2H3,(H,21,24)(H,20,22,23)/t15-/m0/s1. The Labute approximate surface area is 168 Å². The van der Waals surface area contributed by atoms with Crippen molar-refractivity contribution in [3.8, 4) is 0 Å². The number of aryl methyl sites for hydroxylation is 1. The molecule has 1 aromatic carbocycles. The molecule has 1 aliphatic heterocycles. The van der Waals surface area contributed by atoms with Crippen LogP contribution in [0.15, 0.2) is 46.3 Å². The summed E-state index contributed by atoms with van der Waals surface area (Å²) in [5, 5.41) is 5.22. The summed E-state index contributed by atoms with van der Waals surface area (Å²) in [4.78, 5) is 29.1. The van der Waals surface area contributed by atoms with E-state index in [1.165, 1.54) is 23.9 Å². The number of carbonyl (C=O) groups excluding carboxylic acids is 2. The maximum atomic E-state index is 12.6. The van der Waals surface area contributed by atoms with Crippen molar-refractivity contribution < 1.29 is 18.0 Å². The number of nitrogens with one attached hydrogen (secondary N) is 2. The highest BCUT2D eigenvalue weighted by molar-refractivity contribution is 8.01. The quantitative estimate of drug-likeness (QED) is 0.746. The molecule has 2 heterocycles. The molecule has 0 saturated heterocycles. The minimum atomic E-state index is -3.67. The fourth-order valence-corrected chi connectivity index (χ4v) is 5.03. The van der Waals surface area contributed by atoms with Crippen LogP contribution in [-0.2, 0) is 19.4 Å². The van der Waals surface area contributed by atoms with Crippen LogP contribution in [0, 0.1) is 6.92 Å². The van der Waals surface area contributed by atoms with E-state index < -0.39 is 15.7 Å². The van der Waals surface area contributed by atoms with Gasteiger partial charge in [-0.3, -0.25) is 9.59 Å². The molecule has 1 aromatic heterocycles. The molecular weight excluding hydrogens is 398 g/mol. The van der Waals surface area contributed by atoms with Gasteiger partial charge in [0.25, 0.3) is 0 Å². The van der Waals surface area contributed by atoms with Crippen molar-refractivity contribution in [1.29, 1.82) is 0 Å². The number of thioether (sulfide) groups is 1. The van der Waals surface area contributed by atoms with Crippen molar-refractivity contribution in [3.63, 3.8) is 0 Å². The van der Waals surface area contributed by atoms with Gasteiger partial charge in [-0.25, -0.2) is 13.4 Å². The molecule has 0 saturated carbocycles. The second-order valence-corrected chi connectivity index (χ2v) is 9.80. The molecule has 0 radical (unpaired) electrons. The Morgan fingerprint density at radius 3 is 2.82 bits per heavy atom. The van der Waals surface area contributed by atoms with Crippen LogP contribution in [0.5, 0.6) is 0 Å². The van der Waals surface area contributed by atoms with Gasteiger partial charge in [-0.2, -0.15) is 0 Å². The number of fused-ring (bicyclic) bond motifs is 1. The summed E-state index contributed by atoms with van der Waals surface area (Å²) in [6, 6.07) is 8.24. The number of rotatable bonds is 6. The second-order valence-electron chi connectivity index (χ2n) is 6.45. The minimum Gasteiger partial charge on any atom is -0.324 e. The monoisotopic (exact) mass is 419 g/mol. The molecule has 7 nitrogen and oxygen atoms in total. The summed E-state index contributed by atoms with van der Waals surface area (Å²) in [6.07, 6.45) is 2.07. The van der Waals surface area contributed by atoms with Gasteiger partial charge in [-0.1, -0.05) is 13.0 Å². The Morgan fingerprint density at radius 2 is 2.11 bits per heavy atom. The molecule has 1 aliphatic rings. The number of nitrogens with zero attached hydrogens (tertiary/aromatic N) is 1. The van der Waals surface area contributed by atoms with E-state index in [9.17, 15) is 18.0 Å². The Balaban J connectivity index is 1.68. The molecular formula is C19H21N3O4S2. The highest BCUT2D eigenvalue weighted by atomic mass is 32.2. The average Bonchev–Trinajstić information content (AvgIpc) is 2.67. The molecule has 0 spiro atoms. The third-order valence-electron chi connectivity index (χ3n) is 4.37. The van der Waals surface area contributed by atoms with Crippen molar-refractivity contribution in [2.24, 2.45) is 0 Å². The van der Waals surface area contributed by atoms with Gasteiger partial charge in [-0.05, 0) is 43.2 Å². The van der Waals surface area contributed by atoms with Crippen molar-refractivity contribution in [2.45, 2.75) is 41.7 Å². The predicted octanol–water partition coefficient (Wildman–Crippen LogP) is 3.02. The van der Waals surface area contributed by atoms with Crippen LogP contribution in [0.3, 0.4) is 0 Å². The first-order valence-corrected chi connectivity index (χ1v) is 11.4. The minimum absolute atomic E-state index is 0.0870. The van der Waals surface area contributed by atoms with Crippen LogP contribution >= 0.6 is 11.8 Å². The van der Waals surface area contributed by atoms with Gasteiger partial charge in [0.1, 0.15) is 5.82 Å². The first-order chi connectivity index (χ1) is 13.3. The number of sulfone groups is 1. The lowest BCUT2D eigenvalue weighted by Gasteiger charge is -2.23. The molecule has 3 rings (SSSR count). The molecule has 2 amide bonds. The zero-order valence-corrected chi connectivity index (χ0v) is 17.2. The van der Waals surface area contributed by atoms with Crippen molar-refractivity contribution in [1.82, 2.24) is 4.98 Å². The highest BCUT2D eigenvalue weighted by Gasteiger charge is 2.27. The fraction of sp³-hybridized carbons (Fsp3) is 0.316. The SMILES string of the molecule is CC[C@@H]1Sc2ccc(S(=O)(=O)CCC(=O)Nc3ncccc3C)cc2NC1=O. The predicted molar refractivity (Wildman–Crippen MR) is 109 cm³/mol. The van der Waals surface area contributed by atoms with Crippen LogP contribution in [0.4, 0.5) is 11.5 Å². The van der Waals surface area contributed by atoms with E-state index >= 15 is 0 Å². The normalized spacial score (nSPS) is 16.2. The highest BCUT2D eigenvalue weighted by Crippen LogP contribution is 2.38.